The molecule has 0 aliphatic rings. The van der Waals surface area contributed by atoms with E-state index in [0.29, 0.717) is 5.57 Å². The average Bonchev–Trinajstić information content (AvgIpc) is 2.50. The number of hydrogen-bond acceptors (Lipinski definition) is 4. The number of carbonyl (C=O) groups excluding carboxylic acids is 1. The van der Waals surface area contributed by atoms with E-state index in [1.165, 1.54) is 6.07 Å². The Balaban J connectivity index is 2.20. The van der Waals surface area contributed by atoms with Crippen molar-refractivity contribution in [3.05, 3.63) is 69.8 Å². The van der Waals surface area contributed by atoms with Crippen molar-refractivity contribution < 1.29 is 14.8 Å². The van der Waals surface area contributed by atoms with E-state index < -0.39 is 10.8 Å². The third-order valence-corrected chi connectivity index (χ3v) is 2.98. The van der Waals surface area contributed by atoms with Crippen LogP contribution in [0.25, 0.3) is 6.08 Å². The number of nitrogens with one attached hydrogen (secondary N) is 1. The summed E-state index contributed by atoms with van der Waals surface area (Å²) in [5.41, 5.74) is 1.06. The summed E-state index contributed by atoms with van der Waals surface area (Å²) in [6.07, 6.45) is 1.68. The highest BCUT2D eigenvalue weighted by Gasteiger charge is 2.13. The van der Waals surface area contributed by atoms with Crippen LogP contribution >= 0.6 is 0 Å². The van der Waals surface area contributed by atoms with E-state index in [2.05, 4.69) is 5.32 Å². The number of non-ortho nitro benzene ring substituents is 1. The minimum atomic E-state index is -0.595. The molecule has 0 aromatic heterocycles. The van der Waals surface area contributed by atoms with E-state index in [-0.39, 0.29) is 17.1 Å². The van der Waals surface area contributed by atoms with Gasteiger partial charge in [-0.1, -0.05) is 30.3 Å². The first-order valence-electron chi connectivity index (χ1n) is 6.49. The van der Waals surface area contributed by atoms with E-state index in [9.17, 15) is 20.0 Å². The number of hydrogen-bond donors (Lipinski definition) is 2. The largest absolute Gasteiger partial charge is 0.506 e. The molecule has 2 rings (SSSR count). The van der Waals surface area contributed by atoms with Gasteiger partial charge in [-0.2, -0.15) is 0 Å². The number of benzene rings is 2. The highest BCUT2D eigenvalue weighted by atomic mass is 16.6. The van der Waals surface area contributed by atoms with Gasteiger partial charge in [0.2, 0.25) is 0 Å². The van der Waals surface area contributed by atoms with Crippen LogP contribution in [-0.2, 0) is 4.79 Å². The predicted molar refractivity (Wildman–Crippen MR) is 83.5 cm³/mol. The van der Waals surface area contributed by atoms with Crippen LogP contribution in [0.3, 0.4) is 0 Å². The Morgan fingerprint density at radius 2 is 1.91 bits per heavy atom. The van der Waals surface area contributed by atoms with E-state index in [1.54, 1.807) is 13.0 Å². The molecule has 2 N–H and O–H groups in total. The number of nitrogens with zero attached hydrogens (tertiary/aromatic N) is 1. The first kappa shape index (κ1) is 15.2. The molecule has 0 spiro atoms. The number of anilines is 1. The molecule has 0 heterocycles. The van der Waals surface area contributed by atoms with Gasteiger partial charge in [0.05, 0.1) is 10.6 Å². The molecule has 0 radical (unpaired) electrons. The molecule has 0 fully saturated rings. The van der Waals surface area contributed by atoms with Crippen LogP contribution in [0.1, 0.15) is 12.5 Å². The van der Waals surface area contributed by atoms with Crippen LogP contribution in [-0.4, -0.2) is 15.9 Å². The Morgan fingerprint density at radius 3 is 2.55 bits per heavy atom. The second kappa shape index (κ2) is 6.53. The first-order chi connectivity index (χ1) is 10.5. The summed E-state index contributed by atoms with van der Waals surface area (Å²) in [5.74, 6) is -0.675. The summed E-state index contributed by atoms with van der Waals surface area (Å²) in [4.78, 5) is 22.2. The highest BCUT2D eigenvalue weighted by molar-refractivity contribution is 6.07. The van der Waals surface area contributed by atoms with Gasteiger partial charge in [0.15, 0.2) is 0 Å². The van der Waals surface area contributed by atoms with Crippen molar-refractivity contribution in [2.75, 3.05) is 5.32 Å². The van der Waals surface area contributed by atoms with Gasteiger partial charge in [-0.25, -0.2) is 0 Å². The van der Waals surface area contributed by atoms with Crippen LogP contribution in [0.4, 0.5) is 11.4 Å². The fourth-order valence-corrected chi connectivity index (χ4v) is 1.82. The highest BCUT2D eigenvalue weighted by Crippen LogP contribution is 2.28. The standard InChI is InChI=1S/C16H14N2O4/c1-11(9-12-5-3-2-4-6-12)16(20)17-14-10-13(18(21)22)7-8-15(14)19/h2-10,19H,1H3,(H,17,20)/b11-9+. The molecular formula is C16H14N2O4. The van der Waals surface area contributed by atoms with Gasteiger partial charge in [0.1, 0.15) is 5.75 Å². The summed E-state index contributed by atoms with van der Waals surface area (Å²) in [5, 5.41) is 22.9. The molecule has 0 unspecified atom stereocenters. The molecule has 0 aliphatic heterocycles. The van der Waals surface area contributed by atoms with Crippen LogP contribution in [0.5, 0.6) is 5.75 Å². The number of phenolic OH excluding ortho intramolecular Hbond substituents is 1. The number of aromatic hydroxyl groups is 1. The fourth-order valence-electron chi connectivity index (χ4n) is 1.82. The van der Waals surface area contributed by atoms with Crippen molar-refractivity contribution in [3.63, 3.8) is 0 Å². The summed E-state index contributed by atoms with van der Waals surface area (Å²) in [6, 6.07) is 12.7. The van der Waals surface area contributed by atoms with Crippen LogP contribution in [0, 0.1) is 10.1 Å². The topological polar surface area (TPSA) is 92.5 Å². The summed E-state index contributed by atoms with van der Waals surface area (Å²) >= 11 is 0. The lowest BCUT2D eigenvalue weighted by molar-refractivity contribution is -0.384. The fraction of sp³-hybridized carbons (Fsp3) is 0.0625. The second-order valence-corrected chi connectivity index (χ2v) is 4.65. The molecule has 1 amide bonds. The molecule has 2 aromatic rings. The van der Waals surface area contributed by atoms with Gasteiger partial charge in [-0.15, -0.1) is 0 Å². The quantitative estimate of drug-likeness (QED) is 0.392. The van der Waals surface area contributed by atoms with E-state index in [1.807, 2.05) is 30.3 Å². The number of nitro groups is 1. The van der Waals surface area contributed by atoms with Crippen molar-refractivity contribution in [2.24, 2.45) is 0 Å². The Bertz CT molecular complexity index is 739. The zero-order valence-electron chi connectivity index (χ0n) is 11.8. The van der Waals surface area contributed by atoms with Crippen LogP contribution in [0.2, 0.25) is 0 Å². The number of nitro benzene ring substituents is 1. The second-order valence-electron chi connectivity index (χ2n) is 4.65. The third-order valence-electron chi connectivity index (χ3n) is 2.98. The number of phenols is 1. The van der Waals surface area contributed by atoms with Crippen molar-refractivity contribution in [2.45, 2.75) is 6.92 Å². The molecule has 6 nitrogen and oxygen atoms in total. The molecule has 0 atom stereocenters. The van der Waals surface area contributed by atoms with Gasteiger partial charge >= 0.3 is 0 Å². The van der Waals surface area contributed by atoms with E-state index >= 15 is 0 Å². The van der Waals surface area contributed by atoms with Gasteiger partial charge < -0.3 is 10.4 Å². The molecule has 0 bridgehead atoms. The SMILES string of the molecule is C/C(=C\c1ccccc1)C(=O)Nc1cc([N+](=O)[O-])ccc1O. The van der Waals surface area contributed by atoms with E-state index in [0.717, 1.165) is 17.7 Å². The summed E-state index contributed by atoms with van der Waals surface area (Å²) < 4.78 is 0. The maximum atomic E-state index is 12.1. The number of rotatable bonds is 4. The molecule has 0 saturated carbocycles. The van der Waals surface area contributed by atoms with Gasteiger partial charge in [-0.05, 0) is 24.6 Å². The van der Waals surface area contributed by atoms with Crippen LogP contribution in [0.15, 0.2) is 54.1 Å². The number of amides is 1. The lowest BCUT2D eigenvalue weighted by Gasteiger charge is -2.07. The Labute approximate surface area is 126 Å². The predicted octanol–water partition coefficient (Wildman–Crippen LogP) is 3.34. The van der Waals surface area contributed by atoms with Crippen molar-refractivity contribution in [1.29, 1.82) is 0 Å². The molecule has 6 heteroatoms. The zero-order valence-corrected chi connectivity index (χ0v) is 11.8. The van der Waals surface area contributed by atoms with Crippen molar-refractivity contribution in [3.8, 4) is 5.75 Å². The minimum absolute atomic E-state index is 0.0000108. The van der Waals surface area contributed by atoms with E-state index in [4.69, 9.17) is 0 Å². The number of carbonyl (C=O) groups is 1. The maximum absolute atomic E-state index is 12.1. The molecule has 0 aliphatic carbocycles. The average molecular weight is 298 g/mol. The Morgan fingerprint density at radius 1 is 1.23 bits per heavy atom. The van der Waals surface area contributed by atoms with Gasteiger partial charge in [0.25, 0.3) is 11.6 Å². The van der Waals surface area contributed by atoms with Crippen molar-refractivity contribution in [1.82, 2.24) is 0 Å². The zero-order chi connectivity index (χ0) is 16.1. The lowest BCUT2D eigenvalue weighted by atomic mass is 10.1. The molecule has 2 aromatic carbocycles. The smallest absolute Gasteiger partial charge is 0.271 e. The van der Waals surface area contributed by atoms with Gasteiger partial charge in [-0.3, -0.25) is 14.9 Å². The molecule has 0 saturated heterocycles. The Hall–Kier alpha value is -3.15. The summed E-state index contributed by atoms with van der Waals surface area (Å²) in [6.45, 7) is 1.62. The molecular weight excluding hydrogens is 284 g/mol. The summed E-state index contributed by atoms with van der Waals surface area (Å²) in [7, 11) is 0. The third kappa shape index (κ3) is 3.69. The minimum Gasteiger partial charge on any atom is -0.506 e. The maximum Gasteiger partial charge on any atom is 0.271 e. The Kier molecular flexibility index (Phi) is 4.53. The van der Waals surface area contributed by atoms with Crippen molar-refractivity contribution >= 4 is 23.4 Å². The molecule has 112 valence electrons. The van der Waals surface area contributed by atoms with Gasteiger partial charge in [0, 0.05) is 17.7 Å². The lowest BCUT2D eigenvalue weighted by Crippen LogP contribution is -2.12. The molecule has 22 heavy (non-hydrogen) atoms. The monoisotopic (exact) mass is 298 g/mol. The normalized spacial score (nSPS) is 11.0. The van der Waals surface area contributed by atoms with Crippen LogP contribution < -0.4 is 5.32 Å². The first-order valence-corrected chi connectivity index (χ1v) is 6.49.